The van der Waals surface area contributed by atoms with Crippen LogP contribution in [0.15, 0.2) is 36.7 Å². The summed E-state index contributed by atoms with van der Waals surface area (Å²) in [7, 11) is 4.16. The minimum atomic E-state index is -0.0895. The number of likely N-dealkylation sites (N-methyl/N-ethyl adjacent to an activating group) is 1. The zero-order chi connectivity index (χ0) is 17.2. The maximum absolute atomic E-state index is 12.5. The van der Waals surface area contributed by atoms with Crippen molar-refractivity contribution in [3.63, 3.8) is 0 Å². The van der Waals surface area contributed by atoms with Gasteiger partial charge in [0.05, 0.1) is 17.4 Å². The van der Waals surface area contributed by atoms with E-state index in [9.17, 15) is 4.79 Å². The van der Waals surface area contributed by atoms with E-state index in [1.54, 1.807) is 29.2 Å². The molecular weight excluding hydrogens is 344 g/mol. The third kappa shape index (κ3) is 3.61. The molecule has 1 amide bonds. The number of nitrogens with zero attached hydrogens (tertiary/aromatic N) is 3. The molecule has 1 aromatic carbocycles. The van der Waals surface area contributed by atoms with Crippen molar-refractivity contribution in [2.45, 2.75) is 12.0 Å². The summed E-state index contributed by atoms with van der Waals surface area (Å²) in [5.74, 6) is 2.10. The lowest BCUT2D eigenvalue weighted by Gasteiger charge is -2.35. The molecule has 1 aromatic heterocycles. The Labute approximate surface area is 151 Å². The molecular formula is C17H21ClN4OS. The molecule has 1 saturated heterocycles. The number of thioether (sulfide) groups is 1. The predicted octanol–water partition coefficient (Wildman–Crippen LogP) is 2.69. The second-order valence-corrected chi connectivity index (χ2v) is 7.80. The number of carbonyl (C=O) groups excluding carboxylic acids is 1. The Morgan fingerprint density at radius 3 is 2.79 bits per heavy atom. The fourth-order valence-electron chi connectivity index (χ4n) is 2.77. The van der Waals surface area contributed by atoms with Crippen LogP contribution in [0.2, 0.25) is 5.02 Å². The molecule has 1 atom stereocenters. The minimum absolute atomic E-state index is 0.0481. The zero-order valence-corrected chi connectivity index (χ0v) is 15.4. The van der Waals surface area contributed by atoms with E-state index >= 15 is 0 Å². The van der Waals surface area contributed by atoms with E-state index in [4.69, 9.17) is 11.6 Å². The maximum atomic E-state index is 12.5. The highest BCUT2D eigenvalue weighted by Crippen LogP contribution is 2.31. The van der Waals surface area contributed by atoms with Crippen LogP contribution in [0.1, 0.15) is 16.8 Å². The normalized spacial score (nSPS) is 20.5. The van der Waals surface area contributed by atoms with Gasteiger partial charge in [0.1, 0.15) is 0 Å². The van der Waals surface area contributed by atoms with E-state index in [1.165, 1.54) is 0 Å². The monoisotopic (exact) mass is 364 g/mol. The molecule has 128 valence electrons. The van der Waals surface area contributed by atoms with Crippen LogP contribution < -0.4 is 5.32 Å². The van der Waals surface area contributed by atoms with Crippen LogP contribution in [0, 0.1) is 0 Å². The Morgan fingerprint density at radius 2 is 2.17 bits per heavy atom. The number of amides is 1. The van der Waals surface area contributed by atoms with Gasteiger partial charge in [0, 0.05) is 29.1 Å². The summed E-state index contributed by atoms with van der Waals surface area (Å²) in [6, 6.07) is 7.34. The average molecular weight is 365 g/mol. The molecule has 0 radical (unpaired) electrons. The van der Waals surface area contributed by atoms with Crippen LogP contribution in [0.4, 0.5) is 0 Å². The summed E-state index contributed by atoms with van der Waals surface area (Å²) in [5, 5.41) is 8.01. The third-order valence-corrected chi connectivity index (χ3v) is 6.03. The van der Waals surface area contributed by atoms with Crippen molar-refractivity contribution < 1.29 is 4.79 Å². The Hall–Kier alpha value is -1.50. The van der Waals surface area contributed by atoms with Gasteiger partial charge in [-0.25, -0.2) is 4.68 Å². The van der Waals surface area contributed by atoms with E-state index in [-0.39, 0.29) is 11.4 Å². The van der Waals surface area contributed by atoms with Gasteiger partial charge in [-0.15, -0.1) is 0 Å². The largest absolute Gasteiger partial charge is 0.350 e. The second-order valence-electron chi connectivity index (χ2n) is 6.25. The first-order chi connectivity index (χ1) is 11.5. The third-order valence-electron chi connectivity index (χ3n) is 4.55. The molecule has 0 aliphatic carbocycles. The van der Waals surface area contributed by atoms with Crippen molar-refractivity contribution in [3.8, 4) is 5.69 Å². The van der Waals surface area contributed by atoms with Gasteiger partial charge in [-0.1, -0.05) is 11.6 Å². The summed E-state index contributed by atoms with van der Waals surface area (Å²) in [4.78, 5) is 14.7. The van der Waals surface area contributed by atoms with Gasteiger partial charge in [-0.3, -0.25) is 4.79 Å². The van der Waals surface area contributed by atoms with E-state index < -0.39 is 0 Å². The molecule has 1 aliphatic rings. The van der Waals surface area contributed by atoms with Crippen molar-refractivity contribution in [3.05, 3.63) is 47.2 Å². The highest BCUT2D eigenvalue weighted by atomic mass is 35.5. The van der Waals surface area contributed by atoms with Gasteiger partial charge < -0.3 is 10.2 Å². The zero-order valence-electron chi connectivity index (χ0n) is 13.8. The number of carbonyl (C=O) groups is 1. The van der Waals surface area contributed by atoms with Gasteiger partial charge in [0.25, 0.3) is 5.91 Å². The SMILES string of the molecule is CN(C)C1(CNC(=O)c2cnn(-c3ccc(Cl)cc3)c2)CCSC1. The Kier molecular flexibility index (Phi) is 5.18. The highest BCUT2D eigenvalue weighted by Gasteiger charge is 2.36. The standard InChI is InChI=1S/C17H21ClN4OS/c1-21(2)17(7-8-24-12-17)11-19-16(23)13-9-20-22(10-13)15-5-3-14(18)4-6-15/h3-6,9-10H,7-8,11-12H2,1-2H3,(H,19,23). The van der Waals surface area contributed by atoms with Crippen molar-refractivity contribution in [2.75, 3.05) is 32.1 Å². The Bertz CT molecular complexity index is 708. The molecule has 3 rings (SSSR count). The summed E-state index contributed by atoms with van der Waals surface area (Å²) in [6.45, 7) is 0.651. The number of aromatic nitrogens is 2. The minimum Gasteiger partial charge on any atom is -0.350 e. The Balaban J connectivity index is 1.66. The van der Waals surface area contributed by atoms with Gasteiger partial charge in [0.15, 0.2) is 0 Å². The molecule has 1 unspecified atom stereocenters. The molecule has 1 N–H and O–H groups in total. The van der Waals surface area contributed by atoms with Crippen LogP contribution in [0.3, 0.4) is 0 Å². The van der Waals surface area contributed by atoms with Crippen LogP contribution in [0.5, 0.6) is 0 Å². The molecule has 5 nitrogen and oxygen atoms in total. The van der Waals surface area contributed by atoms with Crippen LogP contribution >= 0.6 is 23.4 Å². The number of hydrogen-bond acceptors (Lipinski definition) is 4. The van der Waals surface area contributed by atoms with Crippen LogP contribution in [-0.2, 0) is 0 Å². The van der Waals surface area contributed by atoms with E-state index in [0.717, 1.165) is 23.6 Å². The van der Waals surface area contributed by atoms with Gasteiger partial charge in [-0.05, 0) is 50.5 Å². The van der Waals surface area contributed by atoms with Crippen molar-refractivity contribution in [1.29, 1.82) is 0 Å². The molecule has 1 aliphatic heterocycles. The molecule has 2 heterocycles. The fraction of sp³-hybridized carbons (Fsp3) is 0.412. The van der Waals surface area contributed by atoms with E-state index in [0.29, 0.717) is 17.1 Å². The van der Waals surface area contributed by atoms with Crippen molar-refractivity contribution in [1.82, 2.24) is 20.0 Å². The number of hydrogen-bond donors (Lipinski definition) is 1. The summed E-state index contributed by atoms with van der Waals surface area (Å²) in [6.07, 6.45) is 4.43. The van der Waals surface area contributed by atoms with Crippen molar-refractivity contribution >= 4 is 29.3 Å². The predicted molar refractivity (Wildman–Crippen MR) is 99.3 cm³/mol. The van der Waals surface area contributed by atoms with Gasteiger partial charge in [-0.2, -0.15) is 16.9 Å². The molecule has 7 heteroatoms. The first kappa shape index (κ1) is 17.3. The summed E-state index contributed by atoms with van der Waals surface area (Å²) >= 11 is 7.84. The average Bonchev–Trinajstić information content (AvgIpc) is 3.24. The molecule has 1 fully saturated rings. The van der Waals surface area contributed by atoms with Crippen molar-refractivity contribution in [2.24, 2.45) is 0 Å². The first-order valence-electron chi connectivity index (χ1n) is 7.84. The summed E-state index contributed by atoms with van der Waals surface area (Å²) in [5.41, 5.74) is 1.48. The number of halogens is 1. The topological polar surface area (TPSA) is 50.2 Å². The number of benzene rings is 1. The fourth-order valence-corrected chi connectivity index (χ4v) is 4.45. The molecule has 24 heavy (non-hydrogen) atoms. The molecule has 0 saturated carbocycles. The van der Waals surface area contributed by atoms with Crippen LogP contribution in [0.25, 0.3) is 5.69 Å². The molecule has 0 spiro atoms. The maximum Gasteiger partial charge on any atom is 0.254 e. The second kappa shape index (κ2) is 7.17. The quantitative estimate of drug-likeness (QED) is 0.886. The van der Waals surface area contributed by atoms with E-state index in [1.807, 2.05) is 23.9 Å². The smallest absolute Gasteiger partial charge is 0.254 e. The number of rotatable bonds is 5. The van der Waals surface area contributed by atoms with Crippen LogP contribution in [-0.4, -0.2) is 58.3 Å². The lowest BCUT2D eigenvalue weighted by molar-refractivity contribution is 0.0914. The van der Waals surface area contributed by atoms with Gasteiger partial charge >= 0.3 is 0 Å². The van der Waals surface area contributed by atoms with E-state index in [2.05, 4.69) is 29.4 Å². The highest BCUT2D eigenvalue weighted by molar-refractivity contribution is 7.99. The Morgan fingerprint density at radius 1 is 1.42 bits per heavy atom. The summed E-state index contributed by atoms with van der Waals surface area (Å²) < 4.78 is 1.68. The lowest BCUT2D eigenvalue weighted by Crippen LogP contribution is -2.52. The number of nitrogens with one attached hydrogen (secondary N) is 1. The van der Waals surface area contributed by atoms with Gasteiger partial charge in [0.2, 0.25) is 0 Å². The lowest BCUT2D eigenvalue weighted by atomic mass is 9.97. The first-order valence-corrected chi connectivity index (χ1v) is 9.37. The molecule has 2 aromatic rings. The molecule has 0 bridgehead atoms.